The summed E-state index contributed by atoms with van der Waals surface area (Å²) in [6, 6.07) is 11.0. The SMILES string of the molecule is Cc1nc(F)ccc1-n1c(=O)n(C)c2cnc3ccc(-c4cncc(N5CCC5)c4)cc3c21. The molecule has 1 aliphatic heterocycles. The fraction of sp³-hybridized carbons (Fsp3) is 0.200. The highest BCUT2D eigenvalue weighted by Gasteiger charge is 2.19. The van der Waals surface area contributed by atoms with E-state index in [2.05, 4.69) is 25.9 Å². The summed E-state index contributed by atoms with van der Waals surface area (Å²) in [7, 11) is 1.71. The first-order valence-electron chi connectivity index (χ1n) is 10.9. The molecule has 1 aliphatic rings. The zero-order chi connectivity index (χ0) is 22.7. The number of anilines is 1. The van der Waals surface area contributed by atoms with Gasteiger partial charge < -0.3 is 4.90 Å². The summed E-state index contributed by atoms with van der Waals surface area (Å²) in [5, 5.41) is 0.834. The Hall–Kier alpha value is -4.07. The largest absolute Gasteiger partial charge is 0.370 e. The molecule has 8 heteroatoms. The number of aryl methyl sites for hydroxylation is 2. The molecule has 1 saturated heterocycles. The van der Waals surface area contributed by atoms with E-state index in [0.717, 1.165) is 46.3 Å². The normalized spacial score (nSPS) is 13.6. The maximum atomic E-state index is 13.7. The Morgan fingerprint density at radius 2 is 1.85 bits per heavy atom. The van der Waals surface area contributed by atoms with Crippen molar-refractivity contribution in [1.29, 1.82) is 0 Å². The number of benzene rings is 1. The van der Waals surface area contributed by atoms with Crippen LogP contribution < -0.4 is 10.6 Å². The van der Waals surface area contributed by atoms with Gasteiger partial charge in [-0.15, -0.1) is 0 Å². The van der Waals surface area contributed by atoms with Gasteiger partial charge in [-0.3, -0.25) is 19.1 Å². The highest BCUT2D eigenvalue weighted by atomic mass is 19.1. The number of hydrogen-bond donors (Lipinski definition) is 0. The lowest BCUT2D eigenvalue weighted by molar-refractivity contribution is 0.579. The van der Waals surface area contributed by atoms with E-state index in [1.807, 2.05) is 30.6 Å². The average molecular weight is 440 g/mol. The van der Waals surface area contributed by atoms with Crippen molar-refractivity contribution in [3.8, 4) is 16.8 Å². The van der Waals surface area contributed by atoms with Crippen molar-refractivity contribution in [2.45, 2.75) is 13.3 Å². The van der Waals surface area contributed by atoms with Crippen molar-refractivity contribution < 1.29 is 4.39 Å². The minimum atomic E-state index is -0.576. The fourth-order valence-electron chi connectivity index (χ4n) is 4.49. The van der Waals surface area contributed by atoms with Crippen LogP contribution >= 0.6 is 0 Å². The van der Waals surface area contributed by atoms with Crippen molar-refractivity contribution in [2.24, 2.45) is 7.05 Å². The molecule has 0 bridgehead atoms. The Bertz CT molecular complexity index is 1620. The Labute approximate surface area is 188 Å². The van der Waals surface area contributed by atoms with Gasteiger partial charge in [-0.25, -0.2) is 9.78 Å². The second kappa shape index (κ2) is 7.23. The number of imidazole rings is 1. The van der Waals surface area contributed by atoms with E-state index in [4.69, 9.17) is 0 Å². The predicted octanol–water partition coefficient (Wildman–Crippen LogP) is 3.99. The summed E-state index contributed by atoms with van der Waals surface area (Å²) >= 11 is 0. The van der Waals surface area contributed by atoms with Crippen LogP contribution in [-0.2, 0) is 7.05 Å². The topological polar surface area (TPSA) is 68.8 Å². The molecule has 5 aromatic rings. The summed E-state index contributed by atoms with van der Waals surface area (Å²) in [5.41, 5.74) is 6.04. The maximum absolute atomic E-state index is 13.7. The first-order valence-corrected chi connectivity index (χ1v) is 10.9. The molecule has 0 amide bonds. The van der Waals surface area contributed by atoms with Crippen LogP contribution in [0.5, 0.6) is 0 Å². The number of nitrogens with zero attached hydrogens (tertiary/aromatic N) is 6. The third-order valence-corrected chi connectivity index (χ3v) is 6.43. The second-order valence-electron chi connectivity index (χ2n) is 8.41. The van der Waals surface area contributed by atoms with E-state index in [9.17, 15) is 9.18 Å². The van der Waals surface area contributed by atoms with Crippen molar-refractivity contribution in [3.63, 3.8) is 0 Å². The number of pyridine rings is 3. The van der Waals surface area contributed by atoms with E-state index in [0.29, 0.717) is 16.9 Å². The third-order valence-electron chi connectivity index (χ3n) is 6.43. The van der Waals surface area contributed by atoms with Gasteiger partial charge in [0.15, 0.2) is 0 Å². The summed E-state index contributed by atoms with van der Waals surface area (Å²) < 4.78 is 16.8. The van der Waals surface area contributed by atoms with Crippen LogP contribution in [0.1, 0.15) is 12.1 Å². The van der Waals surface area contributed by atoms with Gasteiger partial charge in [0, 0.05) is 37.3 Å². The second-order valence-corrected chi connectivity index (χ2v) is 8.41. The summed E-state index contributed by atoms with van der Waals surface area (Å²) in [6.07, 6.45) is 6.65. The standard InChI is InChI=1S/C25H21FN6O/c1-15-21(6-7-23(26)29-15)32-24-19-11-16(17-10-18(13-27-12-17)31-8-3-9-31)4-5-20(19)28-14-22(24)30(2)25(32)33/h4-7,10-14H,3,8-9H2,1-2H3. The molecular weight excluding hydrogens is 419 g/mol. The molecule has 0 unspecified atom stereocenters. The number of aromatic nitrogens is 5. The van der Waals surface area contributed by atoms with Crippen LogP contribution in [0.15, 0.2) is 59.8 Å². The molecule has 0 N–H and O–H groups in total. The summed E-state index contributed by atoms with van der Waals surface area (Å²) in [4.78, 5) is 28.5. The van der Waals surface area contributed by atoms with E-state index < -0.39 is 5.95 Å². The third kappa shape index (κ3) is 3.01. The van der Waals surface area contributed by atoms with Crippen molar-refractivity contribution >= 4 is 27.6 Å². The summed E-state index contributed by atoms with van der Waals surface area (Å²) in [5.74, 6) is -0.576. The van der Waals surface area contributed by atoms with Crippen molar-refractivity contribution in [1.82, 2.24) is 24.1 Å². The van der Waals surface area contributed by atoms with Gasteiger partial charge in [-0.2, -0.15) is 4.39 Å². The van der Waals surface area contributed by atoms with Crippen molar-refractivity contribution in [2.75, 3.05) is 18.0 Å². The van der Waals surface area contributed by atoms with Crippen LogP contribution in [0.25, 0.3) is 38.8 Å². The first kappa shape index (κ1) is 19.6. The van der Waals surface area contributed by atoms with E-state index >= 15 is 0 Å². The fourth-order valence-corrected chi connectivity index (χ4v) is 4.49. The lowest BCUT2D eigenvalue weighted by Crippen LogP contribution is -2.36. The molecule has 4 aromatic heterocycles. The molecule has 0 radical (unpaired) electrons. The molecule has 0 spiro atoms. The average Bonchev–Trinajstić information content (AvgIpc) is 3.03. The van der Waals surface area contributed by atoms with Gasteiger partial charge in [-0.1, -0.05) is 6.07 Å². The highest BCUT2D eigenvalue weighted by Crippen LogP contribution is 2.31. The van der Waals surface area contributed by atoms with Crippen LogP contribution in [-0.4, -0.2) is 37.2 Å². The van der Waals surface area contributed by atoms with Crippen LogP contribution in [0, 0.1) is 12.9 Å². The Morgan fingerprint density at radius 1 is 1.00 bits per heavy atom. The molecule has 1 fully saturated rings. The molecule has 6 rings (SSSR count). The Balaban J connectivity index is 1.62. The molecule has 1 aromatic carbocycles. The quantitative estimate of drug-likeness (QED) is 0.397. The number of halogens is 1. The summed E-state index contributed by atoms with van der Waals surface area (Å²) in [6.45, 7) is 3.80. The minimum absolute atomic E-state index is 0.234. The first-order chi connectivity index (χ1) is 16.0. The van der Waals surface area contributed by atoms with Gasteiger partial charge >= 0.3 is 5.69 Å². The molecule has 33 heavy (non-hydrogen) atoms. The van der Waals surface area contributed by atoms with Gasteiger partial charge in [0.1, 0.15) is 0 Å². The molecular formula is C25H21FN6O. The number of rotatable bonds is 3. The molecule has 0 saturated carbocycles. The lowest BCUT2D eigenvalue weighted by Gasteiger charge is -2.33. The van der Waals surface area contributed by atoms with Crippen LogP contribution in [0.3, 0.4) is 0 Å². The minimum Gasteiger partial charge on any atom is -0.370 e. The van der Waals surface area contributed by atoms with Crippen LogP contribution in [0.2, 0.25) is 0 Å². The maximum Gasteiger partial charge on any atom is 0.333 e. The lowest BCUT2D eigenvalue weighted by atomic mass is 10.0. The molecule has 5 heterocycles. The van der Waals surface area contributed by atoms with Gasteiger partial charge in [0.2, 0.25) is 5.95 Å². The molecule has 0 aliphatic carbocycles. The van der Waals surface area contributed by atoms with Gasteiger partial charge in [-0.05, 0) is 49.2 Å². The molecule has 164 valence electrons. The highest BCUT2D eigenvalue weighted by molar-refractivity contribution is 6.04. The van der Waals surface area contributed by atoms with Gasteiger partial charge in [0.05, 0.1) is 46.0 Å². The molecule has 7 nitrogen and oxygen atoms in total. The van der Waals surface area contributed by atoms with E-state index in [1.165, 1.54) is 12.5 Å². The zero-order valence-corrected chi connectivity index (χ0v) is 18.3. The molecule has 0 atom stereocenters. The van der Waals surface area contributed by atoms with E-state index in [-0.39, 0.29) is 5.69 Å². The number of fused-ring (bicyclic) bond motifs is 3. The van der Waals surface area contributed by atoms with Crippen LogP contribution in [0.4, 0.5) is 10.1 Å². The Kier molecular flexibility index (Phi) is 4.29. The van der Waals surface area contributed by atoms with E-state index in [1.54, 1.807) is 35.4 Å². The Morgan fingerprint density at radius 3 is 2.61 bits per heavy atom. The number of hydrogen-bond acceptors (Lipinski definition) is 5. The monoisotopic (exact) mass is 440 g/mol. The smallest absolute Gasteiger partial charge is 0.333 e. The van der Waals surface area contributed by atoms with Gasteiger partial charge in [0.25, 0.3) is 0 Å². The zero-order valence-electron chi connectivity index (χ0n) is 18.3. The predicted molar refractivity (Wildman–Crippen MR) is 126 cm³/mol. The van der Waals surface area contributed by atoms with Crippen molar-refractivity contribution in [3.05, 3.63) is 77.1 Å².